The SMILES string of the molecule is CCC(C)NC(=O)OC(C)CC. The van der Waals surface area contributed by atoms with Crippen molar-refractivity contribution < 1.29 is 9.53 Å². The van der Waals surface area contributed by atoms with Gasteiger partial charge in [-0.05, 0) is 26.7 Å². The zero-order valence-electron chi connectivity index (χ0n) is 8.39. The topological polar surface area (TPSA) is 38.3 Å². The molecule has 72 valence electrons. The summed E-state index contributed by atoms with van der Waals surface area (Å²) in [5.41, 5.74) is 0. The van der Waals surface area contributed by atoms with Crippen LogP contribution in [-0.4, -0.2) is 18.2 Å². The van der Waals surface area contributed by atoms with E-state index in [0.717, 1.165) is 12.8 Å². The van der Waals surface area contributed by atoms with Gasteiger partial charge in [-0.15, -0.1) is 0 Å². The minimum Gasteiger partial charge on any atom is -0.447 e. The molecule has 0 aromatic heterocycles. The quantitative estimate of drug-likeness (QED) is 0.708. The summed E-state index contributed by atoms with van der Waals surface area (Å²) >= 11 is 0. The minimum absolute atomic E-state index is 0.00839. The fourth-order valence-electron chi connectivity index (χ4n) is 0.603. The molecule has 0 radical (unpaired) electrons. The number of amides is 1. The van der Waals surface area contributed by atoms with Crippen LogP contribution >= 0.6 is 0 Å². The van der Waals surface area contributed by atoms with Crippen LogP contribution in [0.3, 0.4) is 0 Å². The van der Waals surface area contributed by atoms with E-state index >= 15 is 0 Å². The van der Waals surface area contributed by atoms with E-state index in [9.17, 15) is 4.79 Å². The molecule has 3 heteroatoms. The first-order valence-corrected chi connectivity index (χ1v) is 4.57. The largest absolute Gasteiger partial charge is 0.447 e. The van der Waals surface area contributed by atoms with Crippen molar-refractivity contribution in [3.05, 3.63) is 0 Å². The van der Waals surface area contributed by atoms with Gasteiger partial charge in [0.15, 0.2) is 0 Å². The minimum atomic E-state index is -0.307. The summed E-state index contributed by atoms with van der Waals surface area (Å²) in [6.45, 7) is 7.85. The molecular weight excluding hydrogens is 154 g/mol. The fourth-order valence-corrected chi connectivity index (χ4v) is 0.603. The highest BCUT2D eigenvalue weighted by atomic mass is 16.6. The molecule has 0 saturated carbocycles. The molecule has 1 N–H and O–H groups in total. The van der Waals surface area contributed by atoms with Crippen molar-refractivity contribution in [1.29, 1.82) is 0 Å². The third kappa shape index (κ3) is 4.99. The lowest BCUT2D eigenvalue weighted by atomic mass is 10.3. The number of carbonyl (C=O) groups excluding carboxylic acids is 1. The highest BCUT2D eigenvalue weighted by molar-refractivity contribution is 5.67. The number of carbonyl (C=O) groups is 1. The molecule has 0 aromatic rings. The lowest BCUT2D eigenvalue weighted by molar-refractivity contribution is 0.102. The molecule has 0 bridgehead atoms. The van der Waals surface area contributed by atoms with Crippen LogP contribution in [0.4, 0.5) is 4.79 Å². The van der Waals surface area contributed by atoms with Crippen LogP contribution in [0.5, 0.6) is 0 Å². The lowest BCUT2D eigenvalue weighted by Gasteiger charge is -2.14. The van der Waals surface area contributed by atoms with E-state index in [2.05, 4.69) is 5.32 Å². The number of rotatable bonds is 4. The highest BCUT2D eigenvalue weighted by Gasteiger charge is 2.08. The maximum Gasteiger partial charge on any atom is 0.407 e. The van der Waals surface area contributed by atoms with Crippen LogP contribution in [0.25, 0.3) is 0 Å². The summed E-state index contributed by atoms with van der Waals surface area (Å²) in [7, 11) is 0. The Kier molecular flexibility index (Phi) is 5.51. The molecule has 0 aliphatic carbocycles. The van der Waals surface area contributed by atoms with Crippen LogP contribution < -0.4 is 5.32 Å². The summed E-state index contributed by atoms with van der Waals surface area (Å²) in [5.74, 6) is 0. The van der Waals surface area contributed by atoms with Crippen LogP contribution in [0.1, 0.15) is 40.5 Å². The summed E-state index contributed by atoms with van der Waals surface area (Å²) in [4.78, 5) is 11.0. The average Bonchev–Trinajstić information content (AvgIpc) is 2.03. The number of alkyl carbamates (subject to hydrolysis) is 1. The third-order valence-corrected chi connectivity index (χ3v) is 1.86. The Hall–Kier alpha value is -0.730. The Labute approximate surface area is 74.5 Å². The molecule has 12 heavy (non-hydrogen) atoms. The number of ether oxygens (including phenoxy) is 1. The van der Waals surface area contributed by atoms with E-state index in [0.29, 0.717) is 0 Å². The molecule has 0 aromatic carbocycles. The zero-order chi connectivity index (χ0) is 9.56. The maximum atomic E-state index is 11.0. The van der Waals surface area contributed by atoms with Crippen molar-refractivity contribution in [3.8, 4) is 0 Å². The first-order valence-electron chi connectivity index (χ1n) is 4.57. The first-order chi connectivity index (χ1) is 5.60. The monoisotopic (exact) mass is 173 g/mol. The second kappa shape index (κ2) is 5.86. The summed E-state index contributed by atoms with van der Waals surface area (Å²) < 4.78 is 5.02. The predicted octanol–water partition coefficient (Wildman–Crippen LogP) is 2.31. The molecule has 3 nitrogen and oxygen atoms in total. The van der Waals surface area contributed by atoms with E-state index < -0.39 is 0 Å². The van der Waals surface area contributed by atoms with E-state index in [1.807, 2.05) is 27.7 Å². The molecule has 2 unspecified atom stereocenters. The molecule has 0 saturated heterocycles. The second-order valence-corrected chi connectivity index (χ2v) is 3.08. The molecule has 0 aliphatic heterocycles. The Morgan fingerprint density at radius 2 is 1.92 bits per heavy atom. The van der Waals surface area contributed by atoms with E-state index in [1.165, 1.54) is 0 Å². The van der Waals surface area contributed by atoms with Crippen LogP contribution in [0, 0.1) is 0 Å². The molecular formula is C9H19NO2. The van der Waals surface area contributed by atoms with Crippen molar-refractivity contribution >= 4 is 6.09 Å². The van der Waals surface area contributed by atoms with Crippen LogP contribution in [0.2, 0.25) is 0 Å². The zero-order valence-corrected chi connectivity index (χ0v) is 8.39. The predicted molar refractivity (Wildman–Crippen MR) is 49.1 cm³/mol. The Bertz CT molecular complexity index is 122. The van der Waals surface area contributed by atoms with Gasteiger partial charge in [0.25, 0.3) is 0 Å². The molecule has 2 atom stereocenters. The van der Waals surface area contributed by atoms with Gasteiger partial charge in [-0.2, -0.15) is 0 Å². The van der Waals surface area contributed by atoms with Gasteiger partial charge < -0.3 is 10.1 Å². The van der Waals surface area contributed by atoms with Crippen molar-refractivity contribution in [2.45, 2.75) is 52.7 Å². The number of hydrogen-bond donors (Lipinski definition) is 1. The van der Waals surface area contributed by atoms with Crippen molar-refractivity contribution in [1.82, 2.24) is 5.32 Å². The average molecular weight is 173 g/mol. The highest BCUT2D eigenvalue weighted by Crippen LogP contribution is 1.97. The smallest absolute Gasteiger partial charge is 0.407 e. The summed E-state index contributed by atoms with van der Waals surface area (Å²) in [6, 6.07) is 0.196. The normalized spacial score (nSPS) is 15.0. The Morgan fingerprint density at radius 3 is 2.33 bits per heavy atom. The van der Waals surface area contributed by atoms with Gasteiger partial charge in [-0.1, -0.05) is 13.8 Å². The van der Waals surface area contributed by atoms with E-state index in [-0.39, 0.29) is 18.2 Å². The summed E-state index contributed by atoms with van der Waals surface area (Å²) in [5, 5.41) is 2.73. The van der Waals surface area contributed by atoms with Gasteiger partial charge in [-0.3, -0.25) is 0 Å². The van der Waals surface area contributed by atoms with Crippen molar-refractivity contribution in [3.63, 3.8) is 0 Å². The van der Waals surface area contributed by atoms with Crippen LogP contribution in [-0.2, 0) is 4.74 Å². The van der Waals surface area contributed by atoms with Crippen molar-refractivity contribution in [2.24, 2.45) is 0 Å². The Balaban J connectivity index is 3.59. The van der Waals surface area contributed by atoms with Crippen LogP contribution in [0.15, 0.2) is 0 Å². The molecule has 0 heterocycles. The maximum absolute atomic E-state index is 11.0. The van der Waals surface area contributed by atoms with Gasteiger partial charge in [0.05, 0.1) is 0 Å². The lowest BCUT2D eigenvalue weighted by Crippen LogP contribution is -2.34. The van der Waals surface area contributed by atoms with Gasteiger partial charge in [0, 0.05) is 6.04 Å². The standard InChI is InChI=1S/C9H19NO2/c1-5-7(3)10-9(11)12-8(4)6-2/h7-8H,5-6H2,1-4H3,(H,10,11). The molecule has 0 spiro atoms. The van der Waals surface area contributed by atoms with Gasteiger partial charge >= 0.3 is 6.09 Å². The Morgan fingerprint density at radius 1 is 1.33 bits per heavy atom. The summed E-state index contributed by atoms with van der Waals surface area (Å²) in [6.07, 6.45) is 1.48. The third-order valence-electron chi connectivity index (χ3n) is 1.86. The molecule has 0 fully saturated rings. The molecule has 0 rings (SSSR count). The van der Waals surface area contributed by atoms with E-state index in [1.54, 1.807) is 0 Å². The number of nitrogens with one attached hydrogen (secondary N) is 1. The number of hydrogen-bond acceptors (Lipinski definition) is 2. The van der Waals surface area contributed by atoms with E-state index in [4.69, 9.17) is 4.74 Å². The molecule has 0 aliphatic rings. The fraction of sp³-hybridized carbons (Fsp3) is 0.889. The first kappa shape index (κ1) is 11.3. The van der Waals surface area contributed by atoms with Gasteiger partial charge in [-0.25, -0.2) is 4.79 Å². The molecule has 1 amide bonds. The second-order valence-electron chi connectivity index (χ2n) is 3.08. The van der Waals surface area contributed by atoms with Gasteiger partial charge in [0.2, 0.25) is 0 Å². The van der Waals surface area contributed by atoms with Gasteiger partial charge in [0.1, 0.15) is 6.10 Å². The van der Waals surface area contributed by atoms with Crippen molar-refractivity contribution in [2.75, 3.05) is 0 Å².